The van der Waals surface area contributed by atoms with Gasteiger partial charge in [0.2, 0.25) is 0 Å². The minimum atomic E-state index is -4.39. The normalized spacial score (nSPS) is 18.8. The summed E-state index contributed by atoms with van der Waals surface area (Å²) in [5.74, 6) is 0.451. The number of halogens is 4. The third-order valence-electron chi connectivity index (χ3n) is 6.67. The van der Waals surface area contributed by atoms with Crippen LogP contribution >= 0.6 is 15.9 Å². The zero-order chi connectivity index (χ0) is 25.2. The van der Waals surface area contributed by atoms with Crippen molar-refractivity contribution in [2.45, 2.75) is 51.1 Å². The van der Waals surface area contributed by atoms with Gasteiger partial charge in [0.25, 0.3) is 5.91 Å². The predicted octanol–water partition coefficient (Wildman–Crippen LogP) is 5.10. The Labute approximate surface area is 209 Å². The van der Waals surface area contributed by atoms with Gasteiger partial charge in [0.15, 0.2) is 6.29 Å². The Hall–Kier alpha value is -2.43. The van der Waals surface area contributed by atoms with Crippen LogP contribution in [0, 0.1) is 11.8 Å². The second kappa shape index (κ2) is 10.7. The minimum absolute atomic E-state index is 0.204. The number of nitrogens with one attached hydrogen (secondary N) is 1. The molecular formula is C25H27BrF3N3O3. The van der Waals surface area contributed by atoms with Crippen molar-refractivity contribution in [2.24, 2.45) is 11.8 Å². The van der Waals surface area contributed by atoms with Gasteiger partial charge in [0.05, 0.1) is 29.4 Å². The Morgan fingerprint density at radius 2 is 1.74 bits per heavy atom. The van der Waals surface area contributed by atoms with Crippen molar-refractivity contribution in [2.75, 3.05) is 6.54 Å². The van der Waals surface area contributed by atoms with Gasteiger partial charge in [-0.15, -0.1) is 0 Å². The topological polar surface area (TPSA) is 87.4 Å². The van der Waals surface area contributed by atoms with Gasteiger partial charge in [-0.25, -0.2) is 0 Å². The first-order chi connectivity index (χ1) is 16.6. The number of carbonyl (C=O) groups excluding carboxylic acids is 1. The average molecular weight is 554 g/mol. The van der Waals surface area contributed by atoms with E-state index in [1.54, 1.807) is 23.0 Å². The first kappa shape index (κ1) is 25.7. The molecule has 35 heavy (non-hydrogen) atoms. The number of alkyl halides is 3. The third-order valence-corrected chi connectivity index (χ3v) is 7.31. The number of aliphatic hydroxyl groups is 2. The number of amides is 1. The molecule has 1 heterocycles. The maximum absolute atomic E-state index is 13.0. The van der Waals surface area contributed by atoms with Crippen molar-refractivity contribution < 1.29 is 28.2 Å². The summed E-state index contributed by atoms with van der Waals surface area (Å²) in [5.41, 5.74) is 1.14. The molecule has 10 heteroatoms. The highest BCUT2D eigenvalue weighted by molar-refractivity contribution is 9.10. The zero-order valence-corrected chi connectivity index (χ0v) is 20.5. The van der Waals surface area contributed by atoms with Gasteiger partial charge in [-0.1, -0.05) is 12.1 Å². The Balaban J connectivity index is 1.43. The largest absolute Gasteiger partial charge is 0.416 e. The zero-order valence-electron chi connectivity index (χ0n) is 18.9. The molecule has 188 valence electrons. The molecule has 1 aliphatic rings. The lowest BCUT2D eigenvalue weighted by molar-refractivity contribution is -0.137. The molecule has 6 nitrogen and oxygen atoms in total. The number of carbonyl (C=O) groups is 1. The molecule has 1 fully saturated rings. The van der Waals surface area contributed by atoms with Crippen molar-refractivity contribution in [1.82, 2.24) is 15.1 Å². The van der Waals surface area contributed by atoms with Gasteiger partial charge in [-0.3, -0.25) is 9.48 Å². The molecule has 4 rings (SSSR count). The van der Waals surface area contributed by atoms with Crippen molar-refractivity contribution in [3.8, 4) is 0 Å². The average Bonchev–Trinajstić information content (AvgIpc) is 3.22. The van der Waals surface area contributed by atoms with Crippen LogP contribution in [0.5, 0.6) is 0 Å². The van der Waals surface area contributed by atoms with Crippen LogP contribution in [0.4, 0.5) is 13.2 Å². The molecule has 1 aliphatic carbocycles. The molecule has 1 saturated carbocycles. The molecule has 2 aromatic carbocycles. The summed E-state index contributed by atoms with van der Waals surface area (Å²) < 4.78 is 40.9. The third kappa shape index (κ3) is 6.23. The van der Waals surface area contributed by atoms with Crippen LogP contribution < -0.4 is 5.32 Å². The molecule has 0 radical (unpaired) electrons. The molecule has 0 bridgehead atoms. The number of nitrogens with zero attached hydrogens (tertiary/aromatic N) is 2. The maximum Gasteiger partial charge on any atom is 0.416 e. The highest BCUT2D eigenvalue weighted by atomic mass is 79.9. The minimum Gasteiger partial charge on any atom is -0.368 e. The van der Waals surface area contributed by atoms with Gasteiger partial charge in [-0.05, 0) is 83.3 Å². The summed E-state index contributed by atoms with van der Waals surface area (Å²) >= 11 is 3.51. The summed E-state index contributed by atoms with van der Waals surface area (Å²) in [6.45, 7) is 0.807. The number of rotatable bonds is 7. The van der Waals surface area contributed by atoms with Crippen molar-refractivity contribution in [3.05, 3.63) is 63.8 Å². The molecule has 3 aromatic rings. The second-order valence-corrected chi connectivity index (χ2v) is 10.0. The van der Waals surface area contributed by atoms with Crippen LogP contribution in [0.25, 0.3) is 10.9 Å². The summed E-state index contributed by atoms with van der Waals surface area (Å²) in [4.78, 5) is 13.0. The smallest absolute Gasteiger partial charge is 0.368 e. The van der Waals surface area contributed by atoms with E-state index in [0.717, 1.165) is 42.3 Å². The van der Waals surface area contributed by atoms with Crippen LogP contribution in [0.15, 0.2) is 47.1 Å². The second-order valence-electron chi connectivity index (χ2n) is 9.17. The van der Waals surface area contributed by atoms with E-state index in [9.17, 15) is 18.0 Å². The molecular weight excluding hydrogens is 527 g/mol. The summed E-state index contributed by atoms with van der Waals surface area (Å²) in [5, 5.41) is 26.4. The van der Waals surface area contributed by atoms with E-state index in [1.165, 1.54) is 12.1 Å². The van der Waals surface area contributed by atoms with Crippen molar-refractivity contribution >= 4 is 32.7 Å². The van der Waals surface area contributed by atoms with E-state index in [1.807, 2.05) is 0 Å². The Kier molecular flexibility index (Phi) is 7.83. The molecule has 3 N–H and O–H groups in total. The molecule has 0 atom stereocenters. The number of hydrogen-bond acceptors (Lipinski definition) is 4. The fourth-order valence-corrected chi connectivity index (χ4v) is 5.30. The monoisotopic (exact) mass is 553 g/mol. The summed E-state index contributed by atoms with van der Waals surface area (Å²) in [6, 6.07) is 8.45. The number of fused-ring (bicyclic) bond motifs is 1. The van der Waals surface area contributed by atoms with Crippen LogP contribution in [0.3, 0.4) is 0 Å². The highest BCUT2D eigenvalue weighted by Crippen LogP contribution is 2.32. The quantitative estimate of drug-likeness (QED) is 0.355. The molecule has 1 aromatic heterocycles. The van der Waals surface area contributed by atoms with Gasteiger partial charge in [0, 0.05) is 22.8 Å². The lowest BCUT2D eigenvalue weighted by Gasteiger charge is -2.29. The number of benzene rings is 2. The fraction of sp³-hybridized carbons (Fsp3) is 0.440. The summed E-state index contributed by atoms with van der Waals surface area (Å²) in [6.07, 6.45) is 0.0304. The maximum atomic E-state index is 13.0. The number of aromatic nitrogens is 2. The van der Waals surface area contributed by atoms with Crippen LogP contribution in [0.2, 0.25) is 0 Å². The SMILES string of the molecule is O=C(NCC1CCC(CC(O)O)CC1)c1ccc(Br)c2c1cnn2Cc1ccc(C(F)(F)F)cc1. The Morgan fingerprint density at radius 3 is 2.37 bits per heavy atom. The van der Waals surface area contributed by atoms with E-state index in [4.69, 9.17) is 10.2 Å². The molecule has 0 saturated heterocycles. The Morgan fingerprint density at radius 1 is 1.09 bits per heavy atom. The lowest BCUT2D eigenvalue weighted by atomic mass is 9.80. The van der Waals surface area contributed by atoms with Crippen LogP contribution in [-0.2, 0) is 12.7 Å². The number of hydrogen-bond donors (Lipinski definition) is 3. The van der Waals surface area contributed by atoms with Gasteiger partial charge in [0.1, 0.15) is 0 Å². The van der Waals surface area contributed by atoms with E-state index < -0.39 is 18.0 Å². The molecule has 0 spiro atoms. The van der Waals surface area contributed by atoms with E-state index >= 15 is 0 Å². The summed E-state index contributed by atoms with van der Waals surface area (Å²) in [7, 11) is 0. The van der Waals surface area contributed by atoms with E-state index in [-0.39, 0.29) is 12.5 Å². The standard InChI is InChI=1S/C25H27BrF3N3O3/c26-21-10-9-19(24(35)30-12-16-3-1-15(2-4-16)11-22(33)34)20-13-31-32(23(20)21)14-17-5-7-18(8-6-17)25(27,28)29/h5-10,13,15-16,22,33-34H,1-4,11-12,14H2,(H,30,35). The molecule has 0 unspecified atom stereocenters. The van der Waals surface area contributed by atoms with Crippen molar-refractivity contribution in [3.63, 3.8) is 0 Å². The molecule has 0 aliphatic heterocycles. The first-order valence-electron chi connectivity index (χ1n) is 11.6. The van der Waals surface area contributed by atoms with E-state index in [0.29, 0.717) is 46.8 Å². The van der Waals surface area contributed by atoms with Gasteiger partial charge in [-0.2, -0.15) is 18.3 Å². The van der Waals surface area contributed by atoms with Crippen LogP contribution in [-0.4, -0.2) is 38.7 Å². The van der Waals surface area contributed by atoms with E-state index in [2.05, 4.69) is 26.3 Å². The fourth-order valence-electron chi connectivity index (χ4n) is 4.75. The van der Waals surface area contributed by atoms with Crippen molar-refractivity contribution in [1.29, 1.82) is 0 Å². The van der Waals surface area contributed by atoms with Gasteiger partial charge < -0.3 is 15.5 Å². The number of aliphatic hydroxyl groups excluding tert-OH is 1. The molecule has 1 amide bonds. The Bertz CT molecular complexity index is 1170. The van der Waals surface area contributed by atoms with Gasteiger partial charge >= 0.3 is 6.18 Å². The first-order valence-corrected chi connectivity index (χ1v) is 12.4. The predicted molar refractivity (Wildman–Crippen MR) is 129 cm³/mol. The lowest BCUT2D eigenvalue weighted by Crippen LogP contribution is -2.31. The van der Waals surface area contributed by atoms with Crippen LogP contribution in [0.1, 0.15) is 53.6 Å². The highest BCUT2D eigenvalue weighted by Gasteiger charge is 2.30.